The van der Waals surface area contributed by atoms with E-state index in [2.05, 4.69) is 85.7 Å². The number of rotatable bonds is 4. The summed E-state index contributed by atoms with van der Waals surface area (Å²) in [5, 5.41) is 0. The molecule has 0 radical (unpaired) electrons. The number of aryl methyl sites for hydroxylation is 1. The molecule has 0 saturated carbocycles. The molecule has 2 aliphatic rings. The molecule has 2 aliphatic carbocycles. The number of halogens is 8. The Kier molecular flexibility index (Phi) is 12.0. The van der Waals surface area contributed by atoms with Gasteiger partial charge in [0.2, 0.25) is 0 Å². The molecule has 0 aliphatic heterocycles. The molecule has 0 aromatic heterocycles. The Morgan fingerprint density at radius 3 is 1.54 bits per heavy atom. The third-order valence-electron chi connectivity index (χ3n) is 10.0. The SMILES string of the molecule is Cc1cc2c(cc1C(C)(C)C)-c1cc(C(C)(C)C)c(C)[c]([Zr]([C]3=CC=CC3)=[C](c3ccc(C(F)(F)F)cc3)c3ccc(C(F)(F)F)cc3)c1C2.Cl.Cl. The molecule has 4 aromatic carbocycles. The van der Waals surface area contributed by atoms with Gasteiger partial charge >= 0.3 is 301 Å². The normalized spacial score (nSPS) is 13.9. The van der Waals surface area contributed by atoms with Gasteiger partial charge in [0, 0.05) is 0 Å². The van der Waals surface area contributed by atoms with Crippen LogP contribution in [0.5, 0.6) is 0 Å². The van der Waals surface area contributed by atoms with Crippen molar-refractivity contribution in [3.63, 3.8) is 0 Å². The van der Waals surface area contributed by atoms with Gasteiger partial charge < -0.3 is 0 Å². The Balaban J connectivity index is 0.00000302. The summed E-state index contributed by atoms with van der Waals surface area (Å²) in [6, 6.07) is 17.4. The molecular formula is C43H44Cl2F6Zr. The van der Waals surface area contributed by atoms with E-state index in [1.165, 1.54) is 75.3 Å². The first-order chi connectivity index (χ1) is 23.2. The maximum atomic E-state index is 13.8. The van der Waals surface area contributed by atoms with Crippen molar-refractivity contribution in [2.75, 3.05) is 0 Å². The molecule has 52 heavy (non-hydrogen) atoms. The van der Waals surface area contributed by atoms with Gasteiger partial charge in [0.15, 0.2) is 0 Å². The summed E-state index contributed by atoms with van der Waals surface area (Å²) in [4.78, 5) is 0. The van der Waals surface area contributed by atoms with Crippen molar-refractivity contribution in [3.05, 3.63) is 144 Å². The van der Waals surface area contributed by atoms with Crippen LogP contribution in [0.3, 0.4) is 0 Å². The fourth-order valence-electron chi connectivity index (χ4n) is 7.73. The molecular weight excluding hydrogens is 793 g/mol. The molecule has 6 rings (SSSR count). The van der Waals surface area contributed by atoms with Gasteiger partial charge in [-0.05, 0) is 0 Å². The van der Waals surface area contributed by atoms with Crippen LogP contribution in [-0.2, 0) is 50.9 Å². The van der Waals surface area contributed by atoms with Gasteiger partial charge in [0.05, 0.1) is 0 Å². The zero-order chi connectivity index (χ0) is 36.6. The third-order valence-corrected chi connectivity index (χ3v) is 18.0. The fourth-order valence-corrected chi connectivity index (χ4v) is 16.1. The average Bonchev–Trinajstić information content (AvgIpc) is 3.66. The Bertz CT molecular complexity index is 2030. The van der Waals surface area contributed by atoms with E-state index in [0.717, 1.165) is 33.9 Å². The molecule has 0 nitrogen and oxygen atoms in total. The van der Waals surface area contributed by atoms with E-state index >= 15 is 0 Å². The van der Waals surface area contributed by atoms with Gasteiger partial charge in [-0.15, -0.1) is 24.8 Å². The maximum Gasteiger partial charge on any atom is -0.147 e. The second-order valence-corrected chi connectivity index (χ2v) is 21.6. The van der Waals surface area contributed by atoms with E-state index in [-0.39, 0.29) is 35.6 Å². The summed E-state index contributed by atoms with van der Waals surface area (Å²) in [7, 11) is 0. The molecule has 0 atom stereocenters. The molecule has 0 amide bonds. The number of fused-ring (bicyclic) bond motifs is 3. The van der Waals surface area contributed by atoms with Gasteiger partial charge in [-0.2, -0.15) is 0 Å². The van der Waals surface area contributed by atoms with Crippen LogP contribution in [0.4, 0.5) is 26.3 Å². The molecule has 276 valence electrons. The molecule has 0 unspecified atom stereocenters. The van der Waals surface area contributed by atoms with Crippen LogP contribution in [0, 0.1) is 13.8 Å². The molecule has 9 heteroatoms. The number of benzene rings is 4. The summed E-state index contributed by atoms with van der Waals surface area (Å²) in [6.07, 6.45) is -1.32. The summed E-state index contributed by atoms with van der Waals surface area (Å²) in [5.74, 6) is 0. The quantitative estimate of drug-likeness (QED) is 0.158. The standard InChI is InChI=1S/C23H29.C15H8F6.C5H5.2ClH.Zr/c1-14-9-16-11-17-10-15(2)21(23(6,7)8)13-19(17)18(16)12-20(14)22(3,4)5;16-14(17,18)12-5-1-10(2-6-12)9-11-3-7-13(8-4-11)15(19,20)21;1-2-4-5-3-1;;;/h9,12-13H,11H2,1-8H3;1-8H;1-3H,4H2;2*1H;. The Hall–Kier alpha value is -2.73. The van der Waals surface area contributed by atoms with Crippen molar-refractivity contribution >= 4 is 31.3 Å². The van der Waals surface area contributed by atoms with Crippen LogP contribution < -0.4 is 3.27 Å². The van der Waals surface area contributed by atoms with Crippen LogP contribution in [0.25, 0.3) is 11.1 Å². The van der Waals surface area contributed by atoms with E-state index < -0.39 is 44.7 Å². The Labute approximate surface area is 323 Å². The predicted molar refractivity (Wildman–Crippen MR) is 204 cm³/mol. The zero-order valence-corrected chi connectivity index (χ0v) is 34.7. The predicted octanol–water partition coefficient (Wildman–Crippen LogP) is 12.7. The minimum atomic E-state index is -4.51. The summed E-state index contributed by atoms with van der Waals surface area (Å²) in [6.45, 7) is 17.6. The fraction of sp³-hybridized carbons (Fsp3) is 0.326. The second-order valence-electron chi connectivity index (χ2n) is 15.7. The van der Waals surface area contributed by atoms with Crippen molar-refractivity contribution in [2.24, 2.45) is 0 Å². The van der Waals surface area contributed by atoms with E-state index in [0.29, 0.717) is 17.5 Å². The number of hydrogen-bond donors (Lipinski definition) is 0. The van der Waals surface area contributed by atoms with Crippen molar-refractivity contribution in [1.29, 1.82) is 0 Å². The van der Waals surface area contributed by atoms with Crippen LogP contribution in [0.15, 0.2) is 88.2 Å². The number of hydrogen-bond acceptors (Lipinski definition) is 0. The van der Waals surface area contributed by atoms with E-state index in [9.17, 15) is 26.3 Å². The topological polar surface area (TPSA) is 0 Å². The van der Waals surface area contributed by atoms with Crippen LogP contribution in [0.2, 0.25) is 0 Å². The van der Waals surface area contributed by atoms with Gasteiger partial charge in [-0.25, -0.2) is 0 Å². The first-order valence-corrected chi connectivity index (χ1v) is 20.6. The first kappa shape index (κ1) is 42.0. The first-order valence-electron chi connectivity index (χ1n) is 16.9. The van der Waals surface area contributed by atoms with E-state index in [4.69, 9.17) is 0 Å². The van der Waals surface area contributed by atoms with Crippen molar-refractivity contribution in [3.8, 4) is 11.1 Å². The van der Waals surface area contributed by atoms with E-state index in [1.54, 1.807) is 0 Å². The molecule has 4 aromatic rings. The molecule has 0 N–H and O–H groups in total. The molecule has 0 saturated heterocycles. The van der Waals surface area contributed by atoms with Gasteiger partial charge in [-0.3, -0.25) is 0 Å². The Morgan fingerprint density at radius 1 is 0.635 bits per heavy atom. The van der Waals surface area contributed by atoms with Crippen molar-refractivity contribution in [2.45, 2.75) is 91.4 Å². The van der Waals surface area contributed by atoms with Crippen LogP contribution in [-0.4, -0.2) is 3.21 Å². The van der Waals surface area contributed by atoms with Gasteiger partial charge in [0.25, 0.3) is 0 Å². The minimum Gasteiger partial charge on any atom is -0.147 e. The van der Waals surface area contributed by atoms with Crippen molar-refractivity contribution in [1.82, 2.24) is 0 Å². The summed E-state index contributed by atoms with van der Waals surface area (Å²) < 4.78 is 86.0. The Morgan fingerprint density at radius 2 is 1.12 bits per heavy atom. The molecule has 0 fully saturated rings. The minimum absolute atomic E-state index is 0. The average molecular weight is 837 g/mol. The molecule has 0 bridgehead atoms. The number of alkyl halides is 6. The third kappa shape index (κ3) is 8.03. The zero-order valence-electron chi connectivity index (χ0n) is 30.6. The van der Waals surface area contributed by atoms with Crippen LogP contribution in [0.1, 0.15) is 104 Å². The van der Waals surface area contributed by atoms with Gasteiger partial charge in [0.1, 0.15) is 0 Å². The molecule has 0 heterocycles. The number of allylic oxidation sites excluding steroid dienone is 4. The van der Waals surface area contributed by atoms with Crippen LogP contribution >= 0.6 is 24.8 Å². The van der Waals surface area contributed by atoms with Crippen molar-refractivity contribution < 1.29 is 47.6 Å². The van der Waals surface area contributed by atoms with E-state index in [1.807, 2.05) is 6.08 Å². The smallest absolute Gasteiger partial charge is 0.147 e. The maximum absolute atomic E-state index is 13.8. The molecule has 0 spiro atoms. The second kappa shape index (κ2) is 14.8. The summed E-state index contributed by atoms with van der Waals surface area (Å²) in [5.41, 5.74) is 9.27. The monoisotopic (exact) mass is 834 g/mol. The van der Waals surface area contributed by atoms with Gasteiger partial charge in [-0.1, -0.05) is 0 Å². The summed E-state index contributed by atoms with van der Waals surface area (Å²) >= 11 is -3.43. The largest absolute Gasteiger partial charge is 0.147 e.